The molecule has 0 aromatic heterocycles. The number of hydrogen-bond donors (Lipinski definition) is 1. The van der Waals surface area contributed by atoms with Crippen LogP contribution in [0.15, 0.2) is 0 Å². The van der Waals surface area contributed by atoms with Gasteiger partial charge in [0.2, 0.25) is 0 Å². The molecule has 0 bridgehead atoms. The molecule has 1 N–H and O–H groups in total. The third-order valence-electron chi connectivity index (χ3n) is 10.4. The van der Waals surface area contributed by atoms with Gasteiger partial charge >= 0.3 is 11.9 Å². The third-order valence-corrected chi connectivity index (χ3v) is 10.4. The highest BCUT2D eigenvalue weighted by Crippen LogP contribution is 2.49. The van der Waals surface area contributed by atoms with E-state index in [1.54, 1.807) is 0 Å². The maximum atomic E-state index is 12.7. The Labute approximate surface area is 293 Å². The lowest BCUT2D eigenvalue weighted by Crippen LogP contribution is -2.22. The first-order chi connectivity index (χ1) is 22.9. The monoisotopic (exact) mass is 664 g/mol. The van der Waals surface area contributed by atoms with Gasteiger partial charge in [-0.3, -0.25) is 9.59 Å². The minimum Gasteiger partial charge on any atom is -0.462 e. The van der Waals surface area contributed by atoms with Gasteiger partial charge < -0.3 is 14.8 Å². The van der Waals surface area contributed by atoms with Crippen molar-refractivity contribution in [3.8, 4) is 0 Å². The number of carbonyl (C=O) groups excluding carboxylic acids is 2. The second-order valence-corrected chi connectivity index (χ2v) is 15.4. The first kappa shape index (κ1) is 43.9. The van der Waals surface area contributed by atoms with E-state index in [2.05, 4.69) is 33.0 Å². The van der Waals surface area contributed by atoms with Crippen molar-refractivity contribution in [2.75, 3.05) is 13.1 Å². The third kappa shape index (κ3) is 28.4. The fraction of sp³-hybridized carbons (Fsp3) is 0.952. The maximum absolute atomic E-state index is 12.7. The highest BCUT2D eigenvalue weighted by atomic mass is 16.5. The summed E-state index contributed by atoms with van der Waals surface area (Å²) in [5.41, 5.74) is 0.685. The van der Waals surface area contributed by atoms with E-state index in [0.717, 1.165) is 64.5 Å². The highest BCUT2D eigenvalue weighted by Gasteiger charge is 2.35. The SMILES string of the molecule is CCCCCCCC(CCCCCCC)OC(=O)CCCNCCCC(=O)OC(CCCCCCC)CCCCCCCC1(C)CC1. The summed E-state index contributed by atoms with van der Waals surface area (Å²) >= 11 is 0. The lowest BCUT2D eigenvalue weighted by Gasteiger charge is -2.18. The summed E-state index contributed by atoms with van der Waals surface area (Å²) in [6.45, 7) is 10.7. The molecule has 1 aliphatic rings. The van der Waals surface area contributed by atoms with Gasteiger partial charge in [0, 0.05) is 12.8 Å². The van der Waals surface area contributed by atoms with Crippen molar-refractivity contribution in [1.82, 2.24) is 5.32 Å². The molecule has 0 aromatic carbocycles. The summed E-state index contributed by atoms with van der Waals surface area (Å²) in [6, 6.07) is 0. The molecule has 0 heterocycles. The quantitative estimate of drug-likeness (QED) is 0.0534. The molecular weight excluding hydrogens is 582 g/mol. The topological polar surface area (TPSA) is 64.6 Å². The van der Waals surface area contributed by atoms with Crippen molar-refractivity contribution < 1.29 is 19.1 Å². The molecule has 1 saturated carbocycles. The van der Waals surface area contributed by atoms with Crippen LogP contribution in [-0.4, -0.2) is 37.2 Å². The van der Waals surface area contributed by atoms with Gasteiger partial charge in [0.1, 0.15) is 12.2 Å². The Hall–Kier alpha value is -1.10. The van der Waals surface area contributed by atoms with Gasteiger partial charge in [-0.1, -0.05) is 130 Å². The van der Waals surface area contributed by atoms with Gasteiger partial charge in [-0.15, -0.1) is 0 Å². The van der Waals surface area contributed by atoms with Gasteiger partial charge in [0.15, 0.2) is 0 Å². The van der Waals surface area contributed by atoms with Gasteiger partial charge in [-0.2, -0.15) is 0 Å². The highest BCUT2D eigenvalue weighted by molar-refractivity contribution is 5.69. The fourth-order valence-corrected chi connectivity index (χ4v) is 6.70. The molecule has 0 aliphatic heterocycles. The first-order valence-electron chi connectivity index (χ1n) is 21.0. The number of rotatable bonds is 36. The summed E-state index contributed by atoms with van der Waals surface area (Å²) < 4.78 is 11.9. The normalized spacial score (nSPS) is 14.4. The van der Waals surface area contributed by atoms with Crippen LogP contribution in [0.2, 0.25) is 0 Å². The Bertz CT molecular complexity index is 707. The van der Waals surface area contributed by atoms with Crippen molar-refractivity contribution in [1.29, 1.82) is 0 Å². The van der Waals surface area contributed by atoms with E-state index in [-0.39, 0.29) is 24.1 Å². The van der Waals surface area contributed by atoms with Crippen LogP contribution in [-0.2, 0) is 19.1 Å². The van der Waals surface area contributed by atoms with Crippen LogP contribution >= 0.6 is 0 Å². The summed E-state index contributed by atoms with van der Waals surface area (Å²) in [7, 11) is 0. The minimum absolute atomic E-state index is 0.0398. The van der Waals surface area contributed by atoms with E-state index >= 15 is 0 Å². The van der Waals surface area contributed by atoms with Crippen molar-refractivity contribution in [3.05, 3.63) is 0 Å². The van der Waals surface area contributed by atoms with E-state index in [9.17, 15) is 9.59 Å². The average molecular weight is 664 g/mol. The summed E-state index contributed by atoms with van der Waals surface area (Å²) in [6.07, 6.45) is 36.3. The lowest BCUT2D eigenvalue weighted by atomic mass is 9.99. The summed E-state index contributed by atoms with van der Waals surface area (Å²) in [4.78, 5) is 25.3. The zero-order valence-corrected chi connectivity index (χ0v) is 32.1. The second kappa shape index (κ2) is 30.9. The fourth-order valence-electron chi connectivity index (χ4n) is 6.70. The molecule has 5 nitrogen and oxygen atoms in total. The number of ether oxygens (including phenoxy) is 2. The minimum atomic E-state index is -0.0455. The van der Waals surface area contributed by atoms with Crippen molar-refractivity contribution in [2.45, 2.75) is 239 Å². The van der Waals surface area contributed by atoms with Crippen LogP contribution in [0.3, 0.4) is 0 Å². The van der Waals surface area contributed by atoms with E-state index < -0.39 is 0 Å². The number of nitrogens with one attached hydrogen (secondary N) is 1. The zero-order chi connectivity index (χ0) is 34.3. The van der Waals surface area contributed by atoms with Gasteiger partial charge in [-0.25, -0.2) is 0 Å². The van der Waals surface area contributed by atoms with Crippen LogP contribution in [0.4, 0.5) is 0 Å². The molecule has 5 heteroatoms. The zero-order valence-electron chi connectivity index (χ0n) is 32.1. The number of carbonyl (C=O) groups is 2. The number of esters is 2. The van der Waals surface area contributed by atoms with Crippen molar-refractivity contribution in [3.63, 3.8) is 0 Å². The van der Waals surface area contributed by atoms with Crippen LogP contribution in [0.1, 0.15) is 227 Å². The Kier molecular flexibility index (Phi) is 28.9. The molecule has 1 rings (SSSR count). The molecule has 1 atom stereocenters. The molecule has 1 aliphatic carbocycles. The molecule has 0 radical (unpaired) electrons. The van der Waals surface area contributed by atoms with Gasteiger partial charge in [0.25, 0.3) is 0 Å². The molecular formula is C42H81NO4. The second-order valence-electron chi connectivity index (χ2n) is 15.4. The first-order valence-corrected chi connectivity index (χ1v) is 21.0. The lowest BCUT2D eigenvalue weighted by molar-refractivity contribution is -0.150. The maximum Gasteiger partial charge on any atom is 0.306 e. The summed E-state index contributed by atoms with van der Waals surface area (Å²) in [5, 5.41) is 3.42. The largest absolute Gasteiger partial charge is 0.462 e. The van der Waals surface area contributed by atoms with Crippen LogP contribution in [0, 0.1) is 5.41 Å². The molecule has 0 spiro atoms. The van der Waals surface area contributed by atoms with E-state index in [4.69, 9.17) is 9.47 Å². The molecule has 47 heavy (non-hydrogen) atoms. The molecule has 278 valence electrons. The Morgan fingerprint density at radius 2 is 0.851 bits per heavy atom. The van der Waals surface area contributed by atoms with E-state index in [0.29, 0.717) is 18.3 Å². The van der Waals surface area contributed by atoms with Crippen molar-refractivity contribution in [2.24, 2.45) is 5.41 Å². The standard InChI is InChI=1S/C42H81NO4/c1-5-8-11-15-20-27-38(28-21-16-12-9-6-2)46-40(44)31-25-36-43-37-26-32-41(45)47-39(29-22-17-13-10-7-3)30-23-18-14-19-24-33-42(4)34-35-42/h38-39,43H,5-37H2,1-4H3. The molecule has 0 amide bonds. The molecule has 0 aromatic rings. The van der Waals surface area contributed by atoms with Gasteiger partial charge in [-0.05, 0) is 102 Å². The Morgan fingerprint density at radius 3 is 1.21 bits per heavy atom. The van der Waals surface area contributed by atoms with Crippen LogP contribution < -0.4 is 5.32 Å². The predicted octanol–water partition coefficient (Wildman–Crippen LogP) is 12.6. The van der Waals surface area contributed by atoms with E-state index in [1.807, 2.05) is 0 Å². The van der Waals surface area contributed by atoms with Crippen LogP contribution in [0.5, 0.6) is 0 Å². The van der Waals surface area contributed by atoms with E-state index in [1.165, 1.54) is 135 Å². The number of hydrogen-bond acceptors (Lipinski definition) is 5. The smallest absolute Gasteiger partial charge is 0.306 e. The van der Waals surface area contributed by atoms with Crippen molar-refractivity contribution >= 4 is 11.9 Å². The Balaban J connectivity index is 2.21. The average Bonchev–Trinajstić information content (AvgIpc) is 3.79. The van der Waals surface area contributed by atoms with Gasteiger partial charge in [0.05, 0.1) is 0 Å². The summed E-state index contributed by atoms with van der Waals surface area (Å²) in [5.74, 6) is -0.0853. The number of unbranched alkanes of at least 4 members (excludes halogenated alkanes) is 16. The predicted molar refractivity (Wildman–Crippen MR) is 201 cm³/mol. The van der Waals surface area contributed by atoms with Crippen LogP contribution in [0.25, 0.3) is 0 Å². The molecule has 0 saturated heterocycles. The molecule has 1 unspecified atom stereocenters. The Morgan fingerprint density at radius 1 is 0.511 bits per heavy atom. The molecule has 1 fully saturated rings.